The maximum atomic E-state index is 7.07. The van der Waals surface area contributed by atoms with Gasteiger partial charge in [0.05, 0.1) is 12.7 Å². The minimum Gasteiger partial charge on any atom is -0.471 e. The number of nitrogen functional groups attached to an aromatic ring is 1. The molecule has 0 bridgehead atoms. The predicted octanol–water partition coefficient (Wildman–Crippen LogP) is 7.75. The molecule has 3 atom stereocenters. The quantitative estimate of drug-likeness (QED) is 0.170. The maximum Gasteiger partial charge on any atom is 0.247 e. The number of anilines is 1. The molecule has 0 radical (unpaired) electrons. The Labute approximate surface area is 275 Å². The molecule has 3 unspecified atom stereocenters. The third kappa shape index (κ3) is 7.20. The number of benzene rings is 1. The summed E-state index contributed by atoms with van der Waals surface area (Å²) in [6.07, 6.45) is 3.22. The highest BCUT2D eigenvalue weighted by atomic mass is 28.4. The summed E-state index contributed by atoms with van der Waals surface area (Å²) in [5.74, 6) is 1.09. The van der Waals surface area contributed by atoms with Crippen LogP contribution in [0.25, 0.3) is 22.6 Å². The third-order valence-electron chi connectivity index (χ3n) is 9.82. The number of nitrogens with zero attached hydrogens (tertiary/aromatic N) is 5. The third-order valence-corrected chi connectivity index (χ3v) is 18.8. The van der Waals surface area contributed by atoms with E-state index in [4.69, 9.17) is 34.0 Å². The summed E-state index contributed by atoms with van der Waals surface area (Å²) in [7, 11) is -4.20. The van der Waals surface area contributed by atoms with Crippen LogP contribution in [0.5, 0.6) is 5.88 Å². The molecule has 0 aliphatic carbocycles. The summed E-state index contributed by atoms with van der Waals surface area (Å²) in [6.45, 7) is 23.4. The van der Waals surface area contributed by atoms with E-state index in [1.807, 2.05) is 47.0 Å². The number of hydrogen-bond acceptors (Lipinski definition) is 9. The van der Waals surface area contributed by atoms with E-state index in [1.54, 1.807) is 12.4 Å². The molecule has 4 aromatic rings. The number of pyridine rings is 1. The first-order valence-corrected chi connectivity index (χ1v) is 21.9. The minimum absolute atomic E-state index is 0.0342. The highest BCUT2D eigenvalue weighted by Gasteiger charge is 2.47. The molecule has 248 valence electrons. The summed E-state index contributed by atoms with van der Waals surface area (Å²) in [6, 6.07) is 13.8. The SMILES string of the molecule is CC(C)(C)[Si](C)(C)OCC1OC(n2c(-c3ccncc3)nc3c(OCc4ccccc4)nc(N)nc32)CC1O[Si](C)(C)C(C)(C)C. The molecule has 1 fully saturated rings. The average Bonchev–Trinajstić information content (AvgIpc) is 3.55. The van der Waals surface area contributed by atoms with E-state index < -0.39 is 22.9 Å². The van der Waals surface area contributed by atoms with Crippen LogP contribution < -0.4 is 10.5 Å². The zero-order valence-electron chi connectivity index (χ0n) is 29.0. The lowest BCUT2D eigenvalue weighted by molar-refractivity contribution is -0.0378. The number of hydrogen-bond donors (Lipinski definition) is 1. The minimum atomic E-state index is -2.15. The molecule has 0 amide bonds. The van der Waals surface area contributed by atoms with Crippen LogP contribution in [0.2, 0.25) is 36.3 Å². The molecule has 4 heterocycles. The first kappa shape index (κ1) is 34.2. The van der Waals surface area contributed by atoms with Crippen LogP contribution >= 0.6 is 0 Å². The van der Waals surface area contributed by atoms with Crippen LogP contribution in [0.15, 0.2) is 54.9 Å². The second-order valence-electron chi connectivity index (χ2n) is 15.2. The van der Waals surface area contributed by atoms with Crippen molar-refractivity contribution >= 4 is 33.7 Å². The molecule has 2 N–H and O–H groups in total. The molecular weight excluding hydrogens is 613 g/mol. The van der Waals surface area contributed by atoms with Crippen molar-refractivity contribution < 1.29 is 18.3 Å². The molecule has 1 saturated heterocycles. The van der Waals surface area contributed by atoms with Gasteiger partial charge in [-0.2, -0.15) is 9.97 Å². The highest BCUT2D eigenvalue weighted by Crippen LogP contribution is 2.44. The van der Waals surface area contributed by atoms with E-state index >= 15 is 0 Å². The van der Waals surface area contributed by atoms with Gasteiger partial charge in [0.25, 0.3) is 0 Å². The van der Waals surface area contributed by atoms with E-state index in [9.17, 15) is 0 Å². The molecule has 5 rings (SSSR count). The summed E-state index contributed by atoms with van der Waals surface area (Å²) in [4.78, 5) is 18.4. The molecule has 1 aliphatic rings. The largest absolute Gasteiger partial charge is 0.471 e. The number of imidazole rings is 1. The van der Waals surface area contributed by atoms with Gasteiger partial charge in [0, 0.05) is 24.4 Å². The number of nitrogens with two attached hydrogens (primary N) is 1. The van der Waals surface area contributed by atoms with Gasteiger partial charge in [0.15, 0.2) is 27.8 Å². The van der Waals surface area contributed by atoms with Crippen molar-refractivity contribution in [3.05, 3.63) is 60.4 Å². The first-order valence-electron chi connectivity index (χ1n) is 16.1. The van der Waals surface area contributed by atoms with Crippen LogP contribution in [-0.4, -0.2) is 60.0 Å². The van der Waals surface area contributed by atoms with Crippen molar-refractivity contribution in [1.82, 2.24) is 24.5 Å². The molecule has 3 aromatic heterocycles. The van der Waals surface area contributed by atoms with Gasteiger partial charge in [0.1, 0.15) is 24.8 Å². The molecule has 10 nitrogen and oxygen atoms in total. The van der Waals surface area contributed by atoms with Crippen LogP contribution in [0.4, 0.5) is 5.95 Å². The maximum absolute atomic E-state index is 7.07. The van der Waals surface area contributed by atoms with Crippen LogP contribution in [0.1, 0.15) is 59.8 Å². The van der Waals surface area contributed by atoms with Gasteiger partial charge >= 0.3 is 0 Å². The van der Waals surface area contributed by atoms with Crippen molar-refractivity contribution in [1.29, 1.82) is 0 Å². The van der Waals surface area contributed by atoms with Gasteiger partial charge in [-0.1, -0.05) is 71.9 Å². The lowest BCUT2D eigenvalue weighted by atomic mass is 10.2. The van der Waals surface area contributed by atoms with E-state index in [0.29, 0.717) is 42.5 Å². The summed E-state index contributed by atoms with van der Waals surface area (Å²) < 4.78 is 29.0. The van der Waals surface area contributed by atoms with E-state index in [1.165, 1.54) is 0 Å². The van der Waals surface area contributed by atoms with Crippen LogP contribution in [0.3, 0.4) is 0 Å². The Morgan fingerprint density at radius 3 is 2.17 bits per heavy atom. The lowest BCUT2D eigenvalue weighted by Gasteiger charge is -2.40. The topological polar surface area (TPSA) is 119 Å². The smallest absolute Gasteiger partial charge is 0.247 e. The van der Waals surface area contributed by atoms with Gasteiger partial charge in [-0.25, -0.2) is 4.98 Å². The summed E-state index contributed by atoms with van der Waals surface area (Å²) in [5, 5.41) is 0.104. The standard InChI is InChI=1S/C34H50N6O4Si2/c1-33(2,3)45(7,8)42-22-26-25(44-46(9,10)34(4,5)6)20-27(43-26)40-29(24-16-18-36-19-17-24)37-28-30(40)38-32(35)39-31(28)41-21-23-14-12-11-13-15-23/h11-19,25-27H,20-22H2,1-10H3,(H2,35,38,39). The van der Waals surface area contributed by atoms with Crippen LogP contribution in [-0.2, 0) is 20.2 Å². The second-order valence-corrected chi connectivity index (χ2v) is 24.8. The Kier molecular flexibility index (Phi) is 9.51. The van der Waals surface area contributed by atoms with Crippen molar-refractivity contribution in [2.24, 2.45) is 0 Å². The zero-order chi connectivity index (χ0) is 33.5. The highest BCUT2D eigenvalue weighted by molar-refractivity contribution is 6.74. The molecule has 0 saturated carbocycles. The average molecular weight is 663 g/mol. The normalized spacial score (nSPS) is 19.6. The summed E-state index contributed by atoms with van der Waals surface area (Å²) in [5.41, 5.74) is 9.24. The van der Waals surface area contributed by atoms with E-state index in [-0.39, 0.29) is 28.2 Å². The van der Waals surface area contributed by atoms with Gasteiger partial charge in [0.2, 0.25) is 11.8 Å². The van der Waals surface area contributed by atoms with Crippen molar-refractivity contribution in [2.75, 3.05) is 12.3 Å². The van der Waals surface area contributed by atoms with E-state index in [2.05, 4.69) is 77.7 Å². The molecule has 12 heteroatoms. The number of rotatable bonds is 10. The lowest BCUT2D eigenvalue weighted by Crippen LogP contribution is -2.48. The molecule has 0 spiro atoms. The Hall–Kier alpha value is -3.17. The Balaban J connectivity index is 1.57. The van der Waals surface area contributed by atoms with Crippen molar-refractivity contribution in [3.8, 4) is 17.3 Å². The fraction of sp³-hybridized carbons (Fsp3) is 0.529. The Morgan fingerprint density at radius 1 is 0.891 bits per heavy atom. The fourth-order valence-electron chi connectivity index (χ4n) is 4.96. The van der Waals surface area contributed by atoms with E-state index in [0.717, 1.165) is 11.1 Å². The van der Waals surface area contributed by atoms with Gasteiger partial charge < -0.3 is 24.1 Å². The molecule has 1 aromatic carbocycles. The van der Waals surface area contributed by atoms with Crippen molar-refractivity contribution in [3.63, 3.8) is 0 Å². The monoisotopic (exact) mass is 662 g/mol. The van der Waals surface area contributed by atoms with Gasteiger partial charge in [-0.05, 0) is 54.0 Å². The number of fused-ring (bicyclic) bond motifs is 1. The fourth-order valence-corrected chi connectivity index (χ4v) is 7.34. The van der Waals surface area contributed by atoms with Gasteiger partial charge in [-0.15, -0.1) is 0 Å². The first-order chi connectivity index (χ1) is 21.5. The van der Waals surface area contributed by atoms with Gasteiger partial charge in [-0.3, -0.25) is 9.55 Å². The Morgan fingerprint density at radius 2 is 1.54 bits per heavy atom. The molecule has 46 heavy (non-hydrogen) atoms. The molecular formula is C34H50N6O4Si2. The molecule has 1 aliphatic heterocycles. The number of ether oxygens (including phenoxy) is 2. The number of aromatic nitrogens is 5. The Bertz CT molecular complexity index is 1630. The second kappa shape index (κ2) is 12.8. The van der Waals surface area contributed by atoms with Crippen molar-refractivity contribution in [2.45, 2.75) is 109 Å². The van der Waals surface area contributed by atoms with Crippen LogP contribution in [0, 0.1) is 0 Å². The predicted molar refractivity (Wildman–Crippen MR) is 187 cm³/mol. The zero-order valence-corrected chi connectivity index (χ0v) is 31.0. The summed E-state index contributed by atoms with van der Waals surface area (Å²) >= 11 is 0.